The monoisotopic (exact) mass is 667 g/mol. The normalized spacial score (nSPS) is 14.1. The molecule has 9 aromatic carbocycles. The van der Waals surface area contributed by atoms with Crippen LogP contribution < -0.4 is 4.90 Å². The number of benzene rings is 9. The van der Waals surface area contributed by atoms with Crippen molar-refractivity contribution in [3.63, 3.8) is 0 Å². The smallest absolute Gasteiger partial charge is 0.0605 e. The van der Waals surface area contributed by atoms with Gasteiger partial charge in [-0.2, -0.15) is 0 Å². The lowest BCUT2D eigenvalue weighted by molar-refractivity contribution is 0.660. The second-order valence-electron chi connectivity index (χ2n) is 14.5. The Kier molecular flexibility index (Phi) is 6.01. The fraction of sp³-hybridized carbons (Fsp3) is 0.0612. The Morgan fingerprint density at radius 2 is 0.980 bits per heavy atom. The maximum Gasteiger partial charge on any atom is 0.0605 e. The van der Waals surface area contributed by atoms with Crippen LogP contribution in [-0.4, -0.2) is 0 Å². The third kappa shape index (κ3) is 4.11. The zero-order chi connectivity index (χ0) is 33.8. The first kappa shape index (κ1) is 29.0. The van der Waals surface area contributed by atoms with E-state index in [-0.39, 0.29) is 5.41 Å². The molecule has 0 saturated heterocycles. The molecule has 0 fully saturated rings. The average Bonchev–Trinajstić information content (AvgIpc) is 3.40. The molecular formula is C49H33NS. The summed E-state index contributed by atoms with van der Waals surface area (Å²) in [5.74, 6) is 0. The predicted molar refractivity (Wildman–Crippen MR) is 218 cm³/mol. The number of anilines is 3. The molecule has 0 radical (unpaired) electrons. The van der Waals surface area contributed by atoms with Gasteiger partial charge < -0.3 is 4.90 Å². The van der Waals surface area contributed by atoms with Gasteiger partial charge in [0, 0.05) is 20.6 Å². The Labute approximate surface area is 301 Å². The Hall–Kier alpha value is -5.83. The van der Waals surface area contributed by atoms with Gasteiger partial charge in [0.1, 0.15) is 0 Å². The Balaban J connectivity index is 1.13. The highest BCUT2D eigenvalue weighted by Gasteiger charge is 2.38. The first-order chi connectivity index (χ1) is 25.0. The topological polar surface area (TPSA) is 3.24 Å². The maximum absolute atomic E-state index is 2.52. The van der Waals surface area contributed by atoms with Gasteiger partial charge in [-0.1, -0.05) is 153 Å². The highest BCUT2D eigenvalue weighted by Crippen LogP contribution is 2.58. The zero-order valence-electron chi connectivity index (χ0n) is 28.4. The Morgan fingerprint density at radius 3 is 1.76 bits per heavy atom. The summed E-state index contributed by atoms with van der Waals surface area (Å²) in [4.78, 5) is 5.07. The quantitative estimate of drug-likeness (QED) is 0.169. The molecule has 9 aromatic rings. The predicted octanol–water partition coefficient (Wildman–Crippen LogP) is 14.2. The van der Waals surface area contributed by atoms with Gasteiger partial charge in [0.05, 0.1) is 17.1 Å². The van der Waals surface area contributed by atoms with Crippen molar-refractivity contribution in [2.75, 3.05) is 4.90 Å². The van der Waals surface area contributed by atoms with Crippen molar-refractivity contribution in [3.05, 3.63) is 175 Å². The lowest BCUT2D eigenvalue weighted by Gasteiger charge is -2.35. The molecule has 0 amide bonds. The van der Waals surface area contributed by atoms with Crippen LogP contribution in [0.5, 0.6) is 0 Å². The number of hydrogen-bond acceptors (Lipinski definition) is 2. The Bertz CT molecular complexity index is 2890. The fourth-order valence-electron chi connectivity index (χ4n) is 8.93. The fourth-order valence-corrected chi connectivity index (χ4v) is 10.0. The molecule has 0 saturated carbocycles. The largest absolute Gasteiger partial charge is 0.308 e. The van der Waals surface area contributed by atoms with E-state index in [4.69, 9.17) is 0 Å². The first-order valence-corrected chi connectivity index (χ1v) is 18.6. The molecule has 1 aliphatic carbocycles. The van der Waals surface area contributed by atoms with Crippen molar-refractivity contribution in [2.45, 2.75) is 29.1 Å². The molecule has 0 bridgehead atoms. The van der Waals surface area contributed by atoms with Gasteiger partial charge in [-0.3, -0.25) is 0 Å². The highest BCUT2D eigenvalue weighted by atomic mass is 32.2. The van der Waals surface area contributed by atoms with Crippen LogP contribution in [0.15, 0.2) is 174 Å². The number of fused-ring (bicyclic) bond motifs is 12. The van der Waals surface area contributed by atoms with E-state index >= 15 is 0 Å². The van der Waals surface area contributed by atoms with E-state index in [1.807, 2.05) is 11.8 Å². The summed E-state index contributed by atoms with van der Waals surface area (Å²) in [7, 11) is 0. The molecule has 2 heteroatoms. The van der Waals surface area contributed by atoms with Gasteiger partial charge in [0.25, 0.3) is 0 Å². The minimum absolute atomic E-state index is 0.0776. The van der Waals surface area contributed by atoms with Crippen LogP contribution in [0.2, 0.25) is 0 Å². The van der Waals surface area contributed by atoms with Gasteiger partial charge in [0.2, 0.25) is 0 Å². The van der Waals surface area contributed by atoms with Crippen LogP contribution in [0.3, 0.4) is 0 Å². The summed E-state index contributed by atoms with van der Waals surface area (Å²) in [6.45, 7) is 4.75. The van der Waals surface area contributed by atoms with Crippen LogP contribution in [0.4, 0.5) is 17.1 Å². The standard InChI is InChI=1S/C49H33NS/c1-49(2)42-20-10-9-19-39(42)41-28-48-46(29-43(41)49)50(44-21-11-13-30-12-3-4-14-33(30)44)45-25-23-32(27-47(45)51-48)31-22-24-38-36-17-6-5-15-34(36)35-16-7-8-18-37(35)40(38)26-31/h3-29H,1-2H3. The third-order valence-corrected chi connectivity index (χ3v) is 12.5. The van der Waals surface area contributed by atoms with Gasteiger partial charge >= 0.3 is 0 Å². The molecule has 1 heterocycles. The molecule has 0 N–H and O–H groups in total. The van der Waals surface area contributed by atoms with Gasteiger partial charge in [-0.15, -0.1) is 0 Å². The third-order valence-electron chi connectivity index (χ3n) is 11.4. The van der Waals surface area contributed by atoms with Crippen LogP contribution in [-0.2, 0) is 5.41 Å². The van der Waals surface area contributed by atoms with E-state index in [2.05, 4.69) is 183 Å². The van der Waals surface area contributed by atoms with E-state index < -0.39 is 0 Å². The molecule has 0 spiro atoms. The molecule has 1 nitrogen and oxygen atoms in total. The number of rotatable bonds is 2. The van der Waals surface area contributed by atoms with Crippen molar-refractivity contribution >= 4 is 71.9 Å². The van der Waals surface area contributed by atoms with E-state index in [1.54, 1.807) is 0 Å². The minimum Gasteiger partial charge on any atom is -0.308 e. The summed E-state index contributed by atoms with van der Waals surface area (Å²) in [5, 5.41) is 10.3. The van der Waals surface area contributed by atoms with E-state index in [0.717, 1.165) is 0 Å². The summed E-state index contributed by atoms with van der Waals surface area (Å²) in [6.07, 6.45) is 0. The molecule has 0 aromatic heterocycles. The minimum atomic E-state index is -0.0776. The second kappa shape index (κ2) is 10.6. The Morgan fingerprint density at radius 1 is 0.392 bits per heavy atom. The van der Waals surface area contributed by atoms with E-state index in [9.17, 15) is 0 Å². The molecule has 1 aliphatic heterocycles. The molecule has 240 valence electrons. The first-order valence-electron chi connectivity index (χ1n) is 17.8. The van der Waals surface area contributed by atoms with E-state index in [0.29, 0.717) is 0 Å². The van der Waals surface area contributed by atoms with E-state index in [1.165, 1.54) is 103 Å². The molecular weight excluding hydrogens is 635 g/mol. The summed E-state index contributed by atoms with van der Waals surface area (Å²) in [5.41, 5.74) is 11.6. The van der Waals surface area contributed by atoms with Crippen molar-refractivity contribution in [2.24, 2.45) is 0 Å². The van der Waals surface area contributed by atoms with Gasteiger partial charge in [-0.25, -0.2) is 0 Å². The van der Waals surface area contributed by atoms with Gasteiger partial charge in [0.15, 0.2) is 0 Å². The van der Waals surface area contributed by atoms with Gasteiger partial charge in [-0.05, 0) is 107 Å². The molecule has 11 rings (SSSR count). The summed E-state index contributed by atoms with van der Waals surface area (Å²) < 4.78 is 0. The SMILES string of the molecule is CC1(C)c2ccccc2-c2cc3c(cc21)N(c1cccc2ccccc12)c1ccc(-c2ccc4c5ccccc5c5ccccc5c4c2)cc1S3. The zero-order valence-corrected chi connectivity index (χ0v) is 29.3. The lowest BCUT2D eigenvalue weighted by Crippen LogP contribution is -2.19. The molecule has 0 unspecified atom stereocenters. The highest BCUT2D eigenvalue weighted by molar-refractivity contribution is 7.99. The summed E-state index contributed by atoms with van der Waals surface area (Å²) >= 11 is 1.90. The molecule has 51 heavy (non-hydrogen) atoms. The number of nitrogens with zero attached hydrogens (tertiary/aromatic N) is 1. The lowest BCUT2D eigenvalue weighted by atomic mass is 9.82. The van der Waals surface area contributed by atoms with Crippen molar-refractivity contribution in [3.8, 4) is 22.3 Å². The second-order valence-corrected chi connectivity index (χ2v) is 15.6. The van der Waals surface area contributed by atoms with Crippen LogP contribution in [0.25, 0.3) is 65.3 Å². The van der Waals surface area contributed by atoms with Crippen molar-refractivity contribution < 1.29 is 0 Å². The average molecular weight is 668 g/mol. The van der Waals surface area contributed by atoms with Crippen molar-refractivity contribution in [1.29, 1.82) is 0 Å². The van der Waals surface area contributed by atoms with Crippen LogP contribution in [0.1, 0.15) is 25.0 Å². The molecule has 2 aliphatic rings. The van der Waals surface area contributed by atoms with Crippen LogP contribution in [0, 0.1) is 0 Å². The van der Waals surface area contributed by atoms with Crippen molar-refractivity contribution in [1.82, 2.24) is 0 Å². The molecule has 0 atom stereocenters. The summed E-state index contributed by atoms with van der Waals surface area (Å²) in [6, 6.07) is 61.1. The maximum atomic E-state index is 2.52. The number of hydrogen-bond donors (Lipinski definition) is 0. The van der Waals surface area contributed by atoms with Crippen LogP contribution >= 0.6 is 11.8 Å².